The Morgan fingerprint density at radius 1 is 1.16 bits per heavy atom. The van der Waals surface area contributed by atoms with Crippen molar-refractivity contribution >= 4 is 11.7 Å². The van der Waals surface area contributed by atoms with E-state index < -0.39 is 0 Å². The molecule has 2 aliphatic carbocycles. The van der Waals surface area contributed by atoms with Gasteiger partial charge in [-0.3, -0.25) is 9.78 Å². The molecule has 1 atom stereocenters. The first kappa shape index (κ1) is 14.8. The minimum Gasteiger partial charge on any atom is -0.365 e. The van der Waals surface area contributed by atoms with Crippen LogP contribution in [-0.2, 0) is 17.6 Å². The van der Waals surface area contributed by atoms with Crippen molar-refractivity contribution in [2.75, 3.05) is 11.9 Å². The molecule has 1 N–H and O–H groups in total. The van der Waals surface area contributed by atoms with Crippen molar-refractivity contribution in [3.63, 3.8) is 0 Å². The van der Waals surface area contributed by atoms with Crippen LogP contribution in [0.1, 0.15) is 36.9 Å². The van der Waals surface area contributed by atoms with E-state index >= 15 is 0 Å². The van der Waals surface area contributed by atoms with Crippen LogP contribution in [0.5, 0.6) is 0 Å². The molecule has 0 bridgehead atoms. The number of likely N-dealkylation sites (tertiary alicyclic amines) is 1. The van der Waals surface area contributed by atoms with Gasteiger partial charge in [0.05, 0.1) is 6.04 Å². The Morgan fingerprint density at radius 2 is 2.08 bits per heavy atom. The predicted octanol–water partition coefficient (Wildman–Crippen LogP) is 2.20. The average Bonchev–Trinajstić information content (AvgIpc) is 3.24. The Labute approximate surface area is 146 Å². The second-order valence-corrected chi connectivity index (χ2v) is 7.21. The average molecular weight is 335 g/mol. The normalized spacial score (nSPS) is 22.3. The third kappa shape index (κ3) is 2.75. The fraction of sp³-hybridized carbons (Fsp3) is 0.474. The molecule has 1 saturated heterocycles. The summed E-state index contributed by atoms with van der Waals surface area (Å²) in [6.07, 6.45) is 7.76. The summed E-state index contributed by atoms with van der Waals surface area (Å²) in [5.74, 6) is 1.85. The number of pyridine rings is 1. The molecule has 25 heavy (non-hydrogen) atoms. The molecule has 2 fully saturated rings. The van der Waals surface area contributed by atoms with E-state index in [0.29, 0.717) is 18.3 Å². The van der Waals surface area contributed by atoms with E-state index in [1.165, 1.54) is 5.56 Å². The van der Waals surface area contributed by atoms with Crippen molar-refractivity contribution < 1.29 is 4.79 Å². The molecule has 2 aromatic rings. The smallest absolute Gasteiger partial charge is 0.225 e. The maximum Gasteiger partial charge on any atom is 0.225 e. The second kappa shape index (κ2) is 5.79. The first-order chi connectivity index (χ1) is 12.3. The molecule has 5 rings (SSSR count). The minimum absolute atomic E-state index is 0.143. The van der Waals surface area contributed by atoms with Crippen LogP contribution in [-0.4, -0.2) is 44.4 Å². The van der Waals surface area contributed by atoms with Crippen LogP contribution >= 0.6 is 0 Å². The zero-order valence-corrected chi connectivity index (χ0v) is 14.1. The number of rotatable bonds is 4. The summed E-state index contributed by atoms with van der Waals surface area (Å²) in [4.78, 5) is 28.2. The summed E-state index contributed by atoms with van der Waals surface area (Å²) in [5, 5.41) is 3.55. The van der Waals surface area contributed by atoms with Gasteiger partial charge in [0.25, 0.3) is 0 Å². The van der Waals surface area contributed by atoms with E-state index in [9.17, 15) is 4.79 Å². The van der Waals surface area contributed by atoms with Gasteiger partial charge in [-0.05, 0) is 44.2 Å². The fourth-order valence-electron chi connectivity index (χ4n) is 3.92. The number of fused-ring (bicyclic) bond motifs is 1. The van der Waals surface area contributed by atoms with Gasteiger partial charge in [-0.1, -0.05) is 6.07 Å². The number of nitrogens with zero attached hydrogens (tertiary/aromatic N) is 4. The third-order valence-corrected chi connectivity index (χ3v) is 5.31. The predicted molar refractivity (Wildman–Crippen MR) is 94.1 cm³/mol. The lowest BCUT2D eigenvalue weighted by Crippen LogP contribution is -2.30. The van der Waals surface area contributed by atoms with Crippen LogP contribution in [0.4, 0.5) is 5.82 Å². The van der Waals surface area contributed by atoms with Crippen molar-refractivity contribution in [1.82, 2.24) is 19.9 Å². The van der Waals surface area contributed by atoms with Crippen molar-refractivity contribution in [2.45, 2.75) is 50.6 Å². The van der Waals surface area contributed by atoms with Crippen molar-refractivity contribution in [1.29, 1.82) is 0 Å². The van der Waals surface area contributed by atoms with Gasteiger partial charge in [0.1, 0.15) is 11.5 Å². The highest BCUT2D eigenvalue weighted by Gasteiger charge is 2.39. The molecule has 0 aromatic carbocycles. The van der Waals surface area contributed by atoms with Gasteiger partial charge < -0.3 is 10.2 Å². The highest BCUT2D eigenvalue weighted by Crippen LogP contribution is 2.33. The van der Waals surface area contributed by atoms with Gasteiger partial charge in [-0.15, -0.1) is 0 Å². The van der Waals surface area contributed by atoms with Gasteiger partial charge >= 0.3 is 0 Å². The van der Waals surface area contributed by atoms with E-state index in [2.05, 4.69) is 10.3 Å². The molecule has 6 nitrogen and oxygen atoms in total. The van der Waals surface area contributed by atoms with Gasteiger partial charge in [0.15, 0.2) is 5.82 Å². The van der Waals surface area contributed by atoms with E-state index in [-0.39, 0.29) is 11.9 Å². The zero-order valence-electron chi connectivity index (χ0n) is 14.1. The SMILES string of the molecule is O=C1CC(Nc2nc(-c3ccccn3)nc3c2CCC3)CN1C1CC1. The molecule has 1 aliphatic heterocycles. The van der Waals surface area contributed by atoms with Crippen LogP contribution in [0.2, 0.25) is 0 Å². The quantitative estimate of drug-likeness (QED) is 0.927. The molecule has 2 aromatic heterocycles. The molecule has 128 valence electrons. The van der Waals surface area contributed by atoms with Crippen LogP contribution < -0.4 is 5.32 Å². The highest BCUT2D eigenvalue weighted by atomic mass is 16.2. The lowest BCUT2D eigenvalue weighted by atomic mass is 10.2. The minimum atomic E-state index is 0.143. The van der Waals surface area contributed by atoms with E-state index in [1.54, 1.807) is 6.20 Å². The number of hydrogen-bond donors (Lipinski definition) is 1. The third-order valence-electron chi connectivity index (χ3n) is 5.31. The molecule has 3 heterocycles. The lowest BCUT2D eigenvalue weighted by molar-refractivity contribution is -0.128. The van der Waals surface area contributed by atoms with Crippen molar-refractivity contribution in [2.24, 2.45) is 0 Å². The van der Waals surface area contributed by atoms with Crippen molar-refractivity contribution in [3.05, 3.63) is 35.7 Å². The molecule has 1 saturated carbocycles. The number of carbonyl (C=O) groups is 1. The van der Waals surface area contributed by atoms with Gasteiger partial charge in [0, 0.05) is 36.5 Å². The number of carbonyl (C=O) groups excluding carboxylic acids is 1. The maximum atomic E-state index is 12.2. The number of hydrogen-bond acceptors (Lipinski definition) is 5. The molecule has 0 spiro atoms. The molecule has 1 unspecified atom stereocenters. The largest absolute Gasteiger partial charge is 0.365 e. The van der Waals surface area contributed by atoms with E-state index in [1.807, 2.05) is 23.1 Å². The van der Waals surface area contributed by atoms with Crippen LogP contribution in [0.3, 0.4) is 0 Å². The number of aryl methyl sites for hydroxylation is 1. The van der Waals surface area contributed by atoms with Gasteiger partial charge in [-0.2, -0.15) is 0 Å². The van der Waals surface area contributed by atoms with Gasteiger partial charge in [-0.25, -0.2) is 9.97 Å². The Kier molecular flexibility index (Phi) is 3.43. The van der Waals surface area contributed by atoms with Crippen LogP contribution in [0.15, 0.2) is 24.4 Å². The molecule has 1 amide bonds. The monoisotopic (exact) mass is 335 g/mol. The summed E-state index contributed by atoms with van der Waals surface area (Å²) in [6, 6.07) is 6.42. The first-order valence-electron chi connectivity index (χ1n) is 9.15. The standard InChI is InChI=1S/C19H21N5O/c25-17-10-12(11-24(17)13-7-8-13)21-18-14-4-3-6-15(14)22-19(23-18)16-5-1-2-9-20-16/h1-2,5,9,12-13H,3-4,6-8,10-11H2,(H,21,22,23). The number of amides is 1. The van der Waals surface area contributed by atoms with Gasteiger partial charge in [0.2, 0.25) is 5.91 Å². The topological polar surface area (TPSA) is 71.0 Å². The second-order valence-electron chi connectivity index (χ2n) is 7.21. The fourth-order valence-corrected chi connectivity index (χ4v) is 3.92. The summed E-state index contributed by atoms with van der Waals surface area (Å²) in [7, 11) is 0. The number of aromatic nitrogens is 3. The Bertz CT molecular complexity index is 818. The summed E-state index contributed by atoms with van der Waals surface area (Å²) in [5.41, 5.74) is 3.14. The lowest BCUT2D eigenvalue weighted by Gasteiger charge is -2.18. The molecule has 3 aliphatic rings. The van der Waals surface area contributed by atoms with Crippen LogP contribution in [0.25, 0.3) is 11.5 Å². The summed E-state index contributed by atoms with van der Waals surface area (Å²) >= 11 is 0. The summed E-state index contributed by atoms with van der Waals surface area (Å²) in [6.45, 7) is 0.793. The Balaban J connectivity index is 1.44. The number of anilines is 1. The first-order valence-corrected chi connectivity index (χ1v) is 9.15. The Morgan fingerprint density at radius 3 is 2.88 bits per heavy atom. The zero-order chi connectivity index (χ0) is 16.8. The van der Waals surface area contributed by atoms with Crippen molar-refractivity contribution in [3.8, 4) is 11.5 Å². The van der Waals surface area contributed by atoms with E-state index in [0.717, 1.165) is 55.9 Å². The molecule has 0 radical (unpaired) electrons. The molecular formula is C19H21N5O. The van der Waals surface area contributed by atoms with Crippen LogP contribution in [0, 0.1) is 0 Å². The molecule has 6 heteroatoms. The summed E-state index contributed by atoms with van der Waals surface area (Å²) < 4.78 is 0. The number of nitrogens with one attached hydrogen (secondary N) is 1. The highest BCUT2D eigenvalue weighted by molar-refractivity contribution is 5.80. The maximum absolute atomic E-state index is 12.2. The van der Waals surface area contributed by atoms with E-state index in [4.69, 9.17) is 9.97 Å². The Hall–Kier alpha value is -2.50. The molecular weight excluding hydrogens is 314 g/mol.